The summed E-state index contributed by atoms with van der Waals surface area (Å²) in [6.45, 7) is 8.41. The average Bonchev–Trinajstić information content (AvgIpc) is 2.80. The minimum absolute atomic E-state index is 0.0656. The van der Waals surface area contributed by atoms with E-state index in [1.807, 2.05) is 24.0 Å². The first kappa shape index (κ1) is 23.3. The molecule has 1 aromatic carbocycles. The number of rotatable bonds is 8. The number of nitrogens with zero attached hydrogens (tertiary/aromatic N) is 3. The number of carbonyl (C=O) groups is 2. The molecule has 1 amide bonds. The summed E-state index contributed by atoms with van der Waals surface area (Å²) in [4.78, 5) is 31.1. The van der Waals surface area contributed by atoms with Gasteiger partial charge >= 0.3 is 5.97 Å². The number of piperazine rings is 1. The van der Waals surface area contributed by atoms with Gasteiger partial charge in [-0.15, -0.1) is 0 Å². The van der Waals surface area contributed by atoms with E-state index >= 15 is 0 Å². The third-order valence-corrected chi connectivity index (χ3v) is 6.15. The molecular formula is C23H35N3O5. The molecule has 2 heterocycles. The van der Waals surface area contributed by atoms with Gasteiger partial charge in [0.2, 0.25) is 5.91 Å². The molecule has 31 heavy (non-hydrogen) atoms. The Morgan fingerprint density at radius 3 is 2.19 bits per heavy atom. The Kier molecular flexibility index (Phi) is 8.54. The second-order valence-electron chi connectivity index (χ2n) is 8.15. The topological polar surface area (TPSA) is 71.6 Å². The Balaban J connectivity index is 1.40. The highest BCUT2D eigenvalue weighted by Crippen LogP contribution is 2.28. The van der Waals surface area contributed by atoms with Crippen LogP contribution in [0.1, 0.15) is 25.3 Å². The van der Waals surface area contributed by atoms with Gasteiger partial charge in [0.1, 0.15) is 0 Å². The fourth-order valence-corrected chi connectivity index (χ4v) is 4.26. The lowest BCUT2D eigenvalue weighted by Gasteiger charge is -2.36. The third kappa shape index (κ3) is 6.33. The number of amides is 1. The van der Waals surface area contributed by atoms with Gasteiger partial charge in [-0.3, -0.25) is 19.4 Å². The van der Waals surface area contributed by atoms with Gasteiger partial charge in [0.25, 0.3) is 0 Å². The van der Waals surface area contributed by atoms with Crippen molar-refractivity contribution in [1.29, 1.82) is 0 Å². The van der Waals surface area contributed by atoms with E-state index in [4.69, 9.17) is 14.2 Å². The second-order valence-corrected chi connectivity index (χ2v) is 8.15. The van der Waals surface area contributed by atoms with Crippen molar-refractivity contribution >= 4 is 11.9 Å². The summed E-state index contributed by atoms with van der Waals surface area (Å²) in [6.07, 6.45) is 1.40. The van der Waals surface area contributed by atoms with Crippen LogP contribution in [0, 0.1) is 5.92 Å². The molecule has 1 aromatic rings. The molecule has 0 aromatic heterocycles. The molecule has 0 spiro atoms. The molecule has 2 saturated heterocycles. The lowest BCUT2D eigenvalue weighted by Crippen LogP contribution is -2.51. The van der Waals surface area contributed by atoms with Crippen LogP contribution in [0.15, 0.2) is 18.2 Å². The minimum Gasteiger partial charge on any atom is -0.493 e. The number of piperidine rings is 1. The predicted octanol–water partition coefficient (Wildman–Crippen LogP) is 1.62. The van der Waals surface area contributed by atoms with E-state index < -0.39 is 0 Å². The van der Waals surface area contributed by atoms with E-state index in [9.17, 15) is 9.59 Å². The molecule has 8 heteroatoms. The molecular weight excluding hydrogens is 398 g/mol. The normalized spacial score (nSPS) is 18.6. The Hall–Kier alpha value is -2.32. The van der Waals surface area contributed by atoms with Gasteiger partial charge in [-0.05, 0) is 37.5 Å². The van der Waals surface area contributed by atoms with Crippen molar-refractivity contribution in [3.8, 4) is 11.5 Å². The molecule has 8 nitrogen and oxygen atoms in total. The van der Waals surface area contributed by atoms with Gasteiger partial charge < -0.3 is 19.1 Å². The molecule has 2 aliphatic heterocycles. The van der Waals surface area contributed by atoms with Gasteiger partial charge in [-0.1, -0.05) is 6.07 Å². The monoisotopic (exact) mass is 433 g/mol. The van der Waals surface area contributed by atoms with E-state index in [0.29, 0.717) is 39.1 Å². The van der Waals surface area contributed by atoms with Crippen molar-refractivity contribution < 1.29 is 23.8 Å². The predicted molar refractivity (Wildman–Crippen MR) is 117 cm³/mol. The number of esters is 1. The summed E-state index contributed by atoms with van der Waals surface area (Å²) in [5, 5.41) is 0. The van der Waals surface area contributed by atoms with Gasteiger partial charge in [-0.25, -0.2) is 0 Å². The highest BCUT2D eigenvalue weighted by molar-refractivity contribution is 5.79. The SMILES string of the molecule is CCOC(=O)C1CCN(C(=O)CN2CCN(Cc3ccc(OC)c(OC)c3)CC2)CC1. The first-order valence-corrected chi connectivity index (χ1v) is 11.1. The Bertz CT molecular complexity index is 741. The van der Waals surface area contributed by atoms with Crippen LogP contribution in [0.2, 0.25) is 0 Å². The quantitative estimate of drug-likeness (QED) is 0.577. The number of methoxy groups -OCH3 is 2. The number of likely N-dealkylation sites (tertiary alicyclic amines) is 1. The van der Waals surface area contributed by atoms with Crippen molar-refractivity contribution in [3.05, 3.63) is 23.8 Å². The molecule has 0 radical (unpaired) electrons. The Morgan fingerprint density at radius 2 is 1.58 bits per heavy atom. The molecule has 0 atom stereocenters. The smallest absolute Gasteiger partial charge is 0.309 e. The molecule has 0 aliphatic carbocycles. The van der Waals surface area contributed by atoms with Gasteiger partial charge in [0.15, 0.2) is 11.5 Å². The molecule has 2 fully saturated rings. The highest BCUT2D eigenvalue weighted by Gasteiger charge is 2.29. The fraction of sp³-hybridized carbons (Fsp3) is 0.652. The van der Waals surface area contributed by atoms with Crippen LogP contribution in [0.5, 0.6) is 11.5 Å². The number of hydrogen-bond donors (Lipinski definition) is 0. The fourth-order valence-electron chi connectivity index (χ4n) is 4.26. The average molecular weight is 434 g/mol. The molecule has 172 valence electrons. The molecule has 0 bridgehead atoms. The summed E-state index contributed by atoms with van der Waals surface area (Å²) < 4.78 is 15.8. The van der Waals surface area contributed by atoms with Crippen LogP contribution < -0.4 is 9.47 Å². The first-order chi connectivity index (χ1) is 15.0. The third-order valence-electron chi connectivity index (χ3n) is 6.15. The molecule has 2 aliphatic rings. The Morgan fingerprint density at radius 1 is 0.935 bits per heavy atom. The lowest BCUT2D eigenvalue weighted by atomic mass is 9.97. The van der Waals surface area contributed by atoms with Crippen LogP contribution in [0.3, 0.4) is 0 Å². The lowest BCUT2D eigenvalue weighted by molar-refractivity contribution is -0.151. The van der Waals surface area contributed by atoms with Crippen LogP contribution in [-0.4, -0.2) is 93.2 Å². The number of hydrogen-bond acceptors (Lipinski definition) is 7. The van der Waals surface area contributed by atoms with Gasteiger partial charge in [0.05, 0.1) is 33.3 Å². The standard InChI is InChI=1S/C23H35N3O5/c1-4-31-23(28)19-7-9-26(10-8-19)22(27)17-25-13-11-24(12-14-25)16-18-5-6-20(29-2)21(15-18)30-3/h5-6,15,19H,4,7-14,16-17H2,1-3H3. The highest BCUT2D eigenvalue weighted by atomic mass is 16.5. The van der Waals surface area contributed by atoms with Crippen LogP contribution in [0.25, 0.3) is 0 Å². The maximum atomic E-state index is 12.7. The Labute approximate surface area is 185 Å². The van der Waals surface area contributed by atoms with E-state index in [0.717, 1.165) is 44.2 Å². The summed E-state index contributed by atoms with van der Waals surface area (Å²) in [7, 11) is 3.29. The van der Waals surface area contributed by atoms with Crippen LogP contribution >= 0.6 is 0 Å². The largest absolute Gasteiger partial charge is 0.493 e. The van der Waals surface area contributed by atoms with Crippen molar-refractivity contribution in [2.45, 2.75) is 26.3 Å². The zero-order valence-electron chi connectivity index (χ0n) is 19.0. The summed E-state index contributed by atoms with van der Waals surface area (Å²) in [6, 6.07) is 6.03. The van der Waals surface area contributed by atoms with Gasteiger partial charge in [0, 0.05) is 45.8 Å². The number of carbonyl (C=O) groups excluding carboxylic acids is 2. The maximum Gasteiger partial charge on any atom is 0.309 e. The van der Waals surface area contributed by atoms with Crippen LogP contribution in [-0.2, 0) is 20.9 Å². The summed E-state index contributed by atoms with van der Waals surface area (Å²) in [5.41, 5.74) is 1.19. The molecule has 0 saturated carbocycles. The minimum atomic E-state index is -0.125. The second kappa shape index (κ2) is 11.3. The molecule has 0 N–H and O–H groups in total. The zero-order chi connectivity index (χ0) is 22.2. The summed E-state index contributed by atoms with van der Waals surface area (Å²) >= 11 is 0. The van der Waals surface area contributed by atoms with E-state index in [-0.39, 0.29) is 17.8 Å². The van der Waals surface area contributed by atoms with E-state index in [1.54, 1.807) is 14.2 Å². The van der Waals surface area contributed by atoms with Crippen LogP contribution in [0.4, 0.5) is 0 Å². The van der Waals surface area contributed by atoms with Crippen molar-refractivity contribution in [3.63, 3.8) is 0 Å². The van der Waals surface area contributed by atoms with Gasteiger partial charge in [-0.2, -0.15) is 0 Å². The van der Waals surface area contributed by atoms with Crippen molar-refractivity contribution in [1.82, 2.24) is 14.7 Å². The van der Waals surface area contributed by atoms with E-state index in [1.165, 1.54) is 5.56 Å². The first-order valence-electron chi connectivity index (χ1n) is 11.1. The zero-order valence-corrected chi connectivity index (χ0v) is 19.0. The molecule has 3 rings (SSSR count). The van der Waals surface area contributed by atoms with E-state index in [2.05, 4.69) is 15.9 Å². The van der Waals surface area contributed by atoms with Crippen molar-refractivity contribution in [2.24, 2.45) is 5.92 Å². The number of benzene rings is 1. The number of ether oxygens (including phenoxy) is 3. The van der Waals surface area contributed by atoms with Crippen molar-refractivity contribution in [2.75, 3.05) is 66.6 Å². The molecule has 0 unspecified atom stereocenters. The maximum absolute atomic E-state index is 12.7. The summed E-state index contributed by atoms with van der Waals surface area (Å²) in [5.74, 6) is 1.46.